The average Bonchev–Trinajstić information content (AvgIpc) is 3.01. The number of nitro benzene ring substituents is 1. The summed E-state index contributed by atoms with van der Waals surface area (Å²) in [4.78, 5) is 25.5. The van der Waals surface area contributed by atoms with Gasteiger partial charge in [0, 0.05) is 18.3 Å². The fraction of sp³-hybridized carbons (Fsp3) is 0.286. The Morgan fingerprint density at radius 3 is 2.54 bits per heavy atom. The molecular weight excluding hydrogens is 368 g/mol. The first-order valence-electron chi connectivity index (χ1n) is 7.40. The Morgan fingerprint density at radius 2 is 2.00 bits per heavy atom. The van der Waals surface area contributed by atoms with Gasteiger partial charge in [-0.2, -0.15) is 4.98 Å². The van der Waals surface area contributed by atoms with E-state index in [9.17, 15) is 23.3 Å². The molecule has 2 atom stereocenters. The Morgan fingerprint density at radius 1 is 1.31 bits per heavy atom. The van der Waals surface area contributed by atoms with Gasteiger partial charge in [-0.3, -0.25) is 19.4 Å². The van der Waals surface area contributed by atoms with Crippen LogP contribution in [0.3, 0.4) is 0 Å². The van der Waals surface area contributed by atoms with E-state index < -0.39 is 33.2 Å². The standard InChI is InChI=1S/C14H14N4O7S/c1-9-24-8-13(25-9)17-7-6-12(15-14(17)19)16-26(22,23)11-4-2-10(3-5-11)18(20)21/h2-7,9,13H,8H2,1H3,(H,15,16,19)/t9-,13-/m0/s1. The quantitative estimate of drug-likeness (QED) is 0.592. The van der Waals surface area contributed by atoms with E-state index in [0.29, 0.717) is 0 Å². The zero-order valence-electron chi connectivity index (χ0n) is 13.4. The van der Waals surface area contributed by atoms with Crippen LogP contribution in [0.2, 0.25) is 0 Å². The number of ether oxygens (including phenoxy) is 2. The summed E-state index contributed by atoms with van der Waals surface area (Å²) in [7, 11) is -4.05. The van der Waals surface area contributed by atoms with E-state index in [0.717, 1.165) is 24.3 Å². The molecule has 138 valence electrons. The lowest BCUT2D eigenvalue weighted by molar-refractivity contribution is -0.384. The van der Waals surface area contributed by atoms with Gasteiger partial charge in [0.25, 0.3) is 15.7 Å². The number of benzene rings is 1. The van der Waals surface area contributed by atoms with Crippen molar-refractivity contribution < 1.29 is 22.8 Å². The van der Waals surface area contributed by atoms with Crippen LogP contribution in [0.25, 0.3) is 0 Å². The highest BCUT2D eigenvalue weighted by atomic mass is 32.2. The number of nitrogens with one attached hydrogen (secondary N) is 1. The van der Waals surface area contributed by atoms with E-state index in [1.54, 1.807) is 6.92 Å². The minimum absolute atomic E-state index is 0.177. The molecule has 0 spiro atoms. The van der Waals surface area contributed by atoms with Gasteiger partial charge in [-0.05, 0) is 25.1 Å². The largest absolute Gasteiger partial charge is 0.351 e. The first kappa shape index (κ1) is 18.0. The Bertz CT molecular complexity index is 987. The SMILES string of the molecule is C[C@H]1OC[C@@H](n2ccc(NS(=O)(=O)c3ccc([N+](=O)[O-])cc3)nc2=O)O1. The summed E-state index contributed by atoms with van der Waals surface area (Å²) < 4.78 is 38.5. The maximum absolute atomic E-state index is 12.3. The smallest absolute Gasteiger partial charge is 0.348 e. The Labute approximate surface area is 147 Å². The summed E-state index contributed by atoms with van der Waals surface area (Å²) in [6, 6.07) is 5.62. The normalized spacial score (nSPS) is 20.0. The molecule has 0 amide bonds. The molecule has 2 heterocycles. The Hall–Kier alpha value is -2.83. The van der Waals surface area contributed by atoms with Crippen LogP contribution in [0.5, 0.6) is 0 Å². The lowest BCUT2D eigenvalue weighted by Gasteiger charge is -2.12. The first-order valence-corrected chi connectivity index (χ1v) is 8.88. The molecule has 1 N–H and O–H groups in total. The highest BCUT2D eigenvalue weighted by molar-refractivity contribution is 7.92. The summed E-state index contributed by atoms with van der Waals surface area (Å²) >= 11 is 0. The van der Waals surface area contributed by atoms with Crippen LogP contribution in [0.1, 0.15) is 13.2 Å². The third-order valence-corrected chi connectivity index (χ3v) is 4.93. The highest BCUT2D eigenvalue weighted by Gasteiger charge is 2.25. The number of hydrogen-bond acceptors (Lipinski definition) is 8. The topological polar surface area (TPSA) is 143 Å². The van der Waals surface area contributed by atoms with Crippen LogP contribution < -0.4 is 10.4 Å². The summed E-state index contributed by atoms with van der Waals surface area (Å²) in [5.74, 6) is -0.184. The van der Waals surface area contributed by atoms with Gasteiger partial charge in [-0.15, -0.1) is 0 Å². The zero-order valence-corrected chi connectivity index (χ0v) is 14.3. The summed E-state index contributed by atoms with van der Waals surface area (Å²) in [5.41, 5.74) is -0.950. The molecule has 0 aliphatic carbocycles. The molecule has 0 bridgehead atoms. The molecule has 1 aliphatic rings. The van der Waals surface area contributed by atoms with Gasteiger partial charge in [-0.1, -0.05) is 0 Å². The molecule has 0 radical (unpaired) electrons. The van der Waals surface area contributed by atoms with E-state index in [2.05, 4.69) is 9.71 Å². The second kappa shape index (κ2) is 6.82. The van der Waals surface area contributed by atoms with E-state index in [1.807, 2.05) is 0 Å². The molecule has 2 aromatic rings. The third kappa shape index (κ3) is 3.71. The number of hydrogen-bond donors (Lipinski definition) is 1. The number of anilines is 1. The Kier molecular flexibility index (Phi) is 4.71. The van der Waals surface area contributed by atoms with Gasteiger partial charge in [0.15, 0.2) is 12.5 Å². The van der Waals surface area contributed by atoms with Crippen LogP contribution in [0.4, 0.5) is 11.5 Å². The molecular formula is C14H14N4O7S. The maximum Gasteiger partial charge on any atom is 0.351 e. The predicted octanol–water partition coefficient (Wildman–Crippen LogP) is 0.844. The molecule has 12 heteroatoms. The number of rotatable bonds is 5. The molecule has 11 nitrogen and oxygen atoms in total. The summed E-state index contributed by atoms with van der Waals surface area (Å²) in [6.07, 6.45) is 0.257. The van der Waals surface area contributed by atoms with Gasteiger partial charge in [0.2, 0.25) is 0 Å². The number of nitro groups is 1. The molecule has 0 unspecified atom stereocenters. The van der Waals surface area contributed by atoms with E-state index in [-0.39, 0.29) is 23.0 Å². The monoisotopic (exact) mass is 382 g/mol. The highest BCUT2D eigenvalue weighted by Crippen LogP contribution is 2.20. The Balaban J connectivity index is 1.80. The van der Waals surface area contributed by atoms with E-state index >= 15 is 0 Å². The second-order valence-corrected chi connectivity index (χ2v) is 7.03. The lowest BCUT2D eigenvalue weighted by atomic mass is 10.3. The molecule has 1 aromatic carbocycles. The first-order chi connectivity index (χ1) is 12.3. The molecule has 26 heavy (non-hydrogen) atoms. The van der Waals surface area contributed by atoms with Crippen LogP contribution >= 0.6 is 0 Å². The van der Waals surface area contributed by atoms with Gasteiger partial charge in [0.05, 0.1) is 16.4 Å². The van der Waals surface area contributed by atoms with E-state index in [4.69, 9.17) is 9.47 Å². The fourth-order valence-electron chi connectivity index (χ4n) is 2.30. The van der Waals surface area contributed by atoms with Crippen LogP contribution in [-0.4, -0.2) is 35.8 Å². The van der Waals surface area contributed by atoms with Crippen molar-refractivity contribution in [3.8, 4) is 0 Å². The number of aromatic nitrogens is 2. The van der Waals surface area contributed by atoms with Crippen molar-refractivity contribution in [1.82, 2.24) is 9.55 Å². The average molecular weight is 382 g/mol. The molecule has 0 saturated carbocycles. The number of sulfonamides is 1. The maximum atomic E-state index is 12.3. The van der Waals surface area contributed by atoms with Crippen molar-refractivity contribution in [2.75, 3.05) is 11.3 Å². The van der Waals surface area contributed by atoms with E-state index in [1.165, 1.54) is 16.8 Å². The summed E-state index contributed by atoms with van der Waals surface area (Å²) in [6.45, 7) is 1.86. The van der Waals surface area contributed by atoms with Crippen LogP contribution in [0.15, 0.2) is 46.2 Å². The zero-order chi connectivity index (χ0) is 18.9. The molecule has 3 rings (SSSR count). The van der Waals surface area contributed by atoms with Crippen molar-refractivity contribution in [2.24, 2.45) is 0 Å². The lowest BCUT2D eigenvalue weighted by Crippen LogP contribution is -2.29. The van der Waals surface area contributed by atoms with Gasteiger partial charge >= 0.3 is 5.69 Å². The van der Waals surface area contributed by atoms with Gasteiger partial charge in [-0.25, -0.2) is 13.2 Å². The van der Waals surface area contributed by atoms with Crippen molar-refractivity contribution >= 4 is 21.5 Å². The predicted molar refractivity (Wildman–Crippen MR) is 87.9 cm³/mol. The molecule has 1 aromatic heterocycles. The molecule has 1 aliphatic heterocycles. The van der Waals surface area contributed by atoms with Crippen molar-refractivity contribution in [2.45, 2.75) is 24.3 Å². The minimum atomic E-state index is -4.05. The van der Waals surface area contributed by atoms with Gasteiger partial charge < -0.3 is 9.47 Å². The van der Waals surface area contributed by atoms with Gasteiger partial charge in [0.1, 0.15) is 5.82 Å². The van der Waals surface area contributed by atoms with Crippen molar-refractivity contribution in [1.29, 1.82) is 0 Å². The summed E-state index contributed by atoms with van der Waals surface area (Å²) in [5, 5.41) is 10.6. The molecule has 1 saturated heterocycles. The number of non-ortho nitro benzene ring substituents is 1. The molecule has 1 fully saturated rings. The van der Waals surface area contributed by atoms with Crippen LogP contribution in [-0.2, 0) is 19.5 Å². The minimum Gasteiger partial charge on any atom is -0.348 e. The fourth-order valence-corrected chi connectivity index (χ4v) is 3.30. The second-order valence-electron chi connectivity index (χ2n) is 5.35. The van der Waals surface area contributed by atoms with Crippen molar-refractivity contribution in [3.63, 3.8) is 0 Å². The number of nitrogens with zero attached hydrogens (tertiary/aromatic N) is 3. The van der Waals surface area contributed by atoms with Crippen LogP contribution in [0, 0.1) is 10.1 Å². The third-order valence-electron chi connectivity index (χ3n) is 3.56. The van der Waals surface area contributed by atoms with Crippen molar-refractivity contribution in [3.05, 3.63) is 57.1 Å².